The monoisotopic (exact) mass is 765 g/mol. The van der Waals surface area contributed by atoms with E-state index in [0.717, 1.165) is 46.0 Å². The van der Waals surface area contributed by atoms with Gasteiger partial charge in [0.25, 0.3) is 0 Å². The average molecular weight is 766 g/mol. The summed E-state index contributed by atoms with van der Waals surface area (Å²) in [6.07, 6.45) is 0.553. The molecule has 1 aliphatic carbocycles. The van der Waals surface area contributed by atoms with Crippen LogP contribution in [-0.4, -0.2) is 63.5 Å². The lowest BCUT2D eigenvalue weighted by molar-refractivity contribution is -0.143. The van der Waals surface area contributed by atoms with Gasteiger partial charge in [-0.1, -0.05) is 113 Å². The average Bonchev–Trinajstić information content (AvgIpc) is 3.74. The minimum Gasteiger partial charge on any atom is -0.480 e. The first-order valence-corrected chi connectivity index (χ1v) is 18.8. The van der Waals surface area contributed by atoms with Crippen LogP contribution in [0.5, 0.6) is 0 Å². The fourth-order valence-electron chi connectivity index (χ4n) is 7.41. The lowest BCUT2D eigenvalue weighted by atomic mass is 9.82. The zero-order valence-corrected chi connectivity index (χ0v) is 32.3. The second-order valence-electron chi connectivity index (χ2n) is 14.6. The summed E-state index contributed by atoms with van der Waals surface area (Å²) in [7, 11) is 0. The van der Waals surface area contributed by atoms with E-state index in [4.69, 9.17) is 4.74 Å². The molecule has 6 rings (SSSR count). The summed E-state index contributed by atoms with van der Waals surface area (Å²) in [5.74, 6) is -3.47. The van der Waals surface area contributed by atoms with Crippen LogP contribution in [0.3, 0.4) is 0 Å². The number of alkyl carbamates (subject to hydrolysis) is 1. The van der Waals surface area contributed by atoms with Gasteiger partial charge in [0.1, 0.15) is 30.9 Å². The van der Waals surface area contributed by atoms with E-state index >= 15 is 4.39 Å². The number of aliphatic carboxylic acids is 1. The number of nitrogens with one attached hydrogen (secondary N) is 1. The first-order valence-electron chi connectivity index (χ1n) is 18.8. The summed E-state index contributed by atoms with van der Waals surface area (Å²) in [5.41, 5.74) is 5.29. The summed E-state index contributed by atoms with van der Waals surface area (Å²) in [6, 6.07) is 27.9. The first kappa shape index (κ1) is 41.4. The number of aromatic nitrogens is 1. The van der Waals surface area contributed by atoms with E-state index in [1.807, 2.05) is 118 Å². The molecule has 0 spiro atoms. The molecule has 56 heavy (non-hydrogen) atoms. The molecular weight excluding hydrogens is 717 g/mol. The molecule has 11 heteroatoms. The number of rotatable bonds is 13. The van der Waals surface area contributed by atoms with Crippen molar-refractivity contribution in [2.75, 3.05) is 19.8 Å². The summed E-state index contributed by atoms with van der Waals surface area (Å²) < 4.78 is 36.9. The zero-order chi connectivity index (χ0) is 40.6. The molecule has 1 unspecified atom stereocenters. The van der Waals surface area contributed by atoms with Crippen LogP contribution in [0.2, 0.25) is 0 Å². The highest BCUT2D eigenvalue weighted by Crippen LogP contribution is 2.45. The largest absolute Gasteiger partial charge is 0.480 e. The Morgan fingerprint density at radius 2 is 1.46 bits per heavy atom. The van der Waals surface area contributed by atoms with Gasteiger partial charge in [-0.25, -0.2) is 18.4 Å². The van der Waals surface area contributed by atoms with Crippen LogP contribution >= 0.6 is 0 Å². The van der Waals surface area contributed by atoms with Crippen LogP contribution in [0.1, 0.15) is 75.4 Å². The number of fused-ring (bicyclic) bond motifs is 3. The Bertz CT molecular complexity index is 2100. The van der Waals surface area contributed by atoms with Gasteiger partial charge in [-0.05, 0) is 63.9 Å². The molecule has 0 bridgehead atoms. The molecule has 3 N–H and O–H groups in total. The summed E-state index contributed by atoms with van der Waals surface area (Å²) in [6.45, 7) is 8.93. The highest BCUT2D eigenvalue weighted by atomic mass is 19.1. The smallest absolute Gasteiger partial charge is 0.407 e. The van der Waals surface area contributed by atoms with Crippen molar-refractivity contribution < 1.29 is 38.1 Å². The number of carboxylic acids is 1. The van der Waals surface area contributed by atoms with Gasteiger partial charge >= 0.3 is 12.1 Å². The molecule has 9 nitrogen and oxygen atoms in total. The Labute approximate surface area is 326 Å². The molecule has 294 valence electrons. The number of aliphatic hydroxyl groups is 1. The zero-order valence-electron chi connectivity index (χ0n) is 32.3. The van der Waals surface area contributed by atoms with Gasteiger partial charge in [-0.15, -0.1) is 0 Å². The highest BCUT2D eigenvalue weighted by molar-refractivity contribution is 5.82. The Kier molecular flexibility index (Phi) is 13.5. The Balaban J connectivity index is 0.00000295. The van der Waals surface area contributed by atoms with E-state index in [-0.39, 0.29) is 31.1 Å². The van der Waals surface area contributed by atoms with Crippen LogP contribution in [-0.2, 0) is 20.9 Å². The minimum atomic E-state index is -1.44. The maximum Gasteiger partial charge on any atom is 0.407 e. The molecule has 0 aliphatic heterocycles. The maximum atomic E-state index is 15.1. The quantitative estimate of drug-likeness (QED) is 0.110. The molecular formula is C45H49F2N3O6. The fraction of sp³-hybridized carbons (Fsp3) is 0.311. The van der Waals surface area contributed by atoms with Crippen LogP contribution in [0.15, 0.2) is 109 Å². The highest BCUT2D eigenvalue weighted by Gasteiger charge is 2.38. The van der Waals surface area contributed by atoms with E-state index in [2.05, 4.69) is 5.32 Å². The second-order valence-corrected chi connectivity index (χ2v) is 14.6. The number of carbonyl (C=O) groups excluding carboxylic acids is 2. The van der Waals surface area contributed by atoms with E-state index in [9.17, 15) is 29.0 Å². The minimum absolute atomic E-state index is 0.0138. The molecule has 2 atom stereocenters. The molecule has 0 saturated carbocycles. The van der Waals surface area contributed by atoms with Crippen molar-refractivity contribution in [2.45, 2.75) is 65.6 Å². The molecule has 0 fully saturated rings. The molecule has 4 aromatic carbocycles. The van der Waals surface area contributed by atoms with E-state index < -0.39 is 53.7 Å². The van der Waals surface area contributed by atoms with Crippen molar-refractivity contribution >= 4 is 18.0 Å². The number of carboxylic acid groups (broad SMARTS) is 1. The van der Waals surface area contributed by atoms with E-state index in [0.29, 0.717) is 17.8 Å². The molecule has 1 aliphatic rings. The lowest BCUT2D eigenvalue weighted by Gasteiger charge is -2.41. The van der Waals surface area contributed by atoms with Crippen molar-refractivity contribution in [3.63, 3.8) is 0 Å². The molecule has 1 heterocycles. The van der Waals surface area contributed by atoms with Gasteiger partial charge in [0.15, 0.2) is 0 Å². The van der Waals surface area contributed by atoms with Crippen LogP contribution in [0.4, 0.5) is 13.6 Å². The normalized spacial score (nSPS) is 13.1. The van der Waals surface area contributed by atoms with Gasteiger partial charge in [-0.2, -0.15) is 0 Å². The van der Waals surface area contributed by atoms with Crippen molar-refractivity contribution in [3.05, 3.63) is 143 Å². The number of ether oxygens (including phenoxy) is 1. The number of benzene rings is 4. The van der Waals surface area contributed by atoms with E-state index in [1.165, 1.54) is 4.90 Å². The van der Waals surface area contributed by atoms with E-state index in [1.54, 1.807) is 12.3 Å². The Morgan fingerprint density at radius 3 is 2.05 bits per heavy atom. The topological polar surface area (TPSA) is 121 Å². The molecule has 2 amide bonds. The standard InChI is InChI=1S/C43H43F2N3O6.C2H6/c1-43(2,3)40(38-21-28(34-22-29(44)17-18-36(34)45)24-47(38)23-27-11-5-4-6-12-27)48(39(50)25-49)20-19-37(41(51)52)46-42(53)54-26-35-32-15-9-7-13-30(32)31-14-8-10-16-33(31)35;1-2/h4-18,21-22,24,35,37,40,49H,19-20,23,25-26H2,1-3H3,(H,46,53)(H,51,52);1-2H3/t37-,40?;/m0./s1. The molecule has 1 aromatic heterocycles. The predicted molar refractivity (Wildman–Crippen MR) is 212 cm³/mol. The third-order valence-corrected chi connectivity index (χ3v) is 9.83. The van der Waals surface area contributed by atoms with Gasteiger partial charge in [0.2, 0.25) is 5.91 Å². The molecule has 0 saturated heterocycles. The predicted octanol–water partition coefficient (Wildman–Crippen LogP) is 8.80. The Hall–Kier alpha value is -5.81. The van der Waals surface area contributed by atoms with Crippen molar-refractivity contribution in [2.24, 2.45) is 5.41 Å². The fourth-order valence-corrected chi connectivity index (χ4v) is 7.41. The number of halogens is 2. The van der Waals surface area contributed by atoms with Gasteiger partial charge in [-0.3, -0.25) is 4.79 Å². The van der Waals surface area contributed by atoms with Crippen molar-refractivity contribution in [1.29, 1.82) is 0 Å². The number of amides is 2. The number of nitrogens with zero attached hydrogens (tertiary/aromatic N) is 2. The lowest BCUT2D eigenvalue weighted by Crippen LogP contribution is -2.48. The first-order chi connectivity index (χ1) is 26.8. The Morgan fingerprint density at radius 1 is 0.857 bits per heavy atom. The van der Waals surface area contributed by atoms with Gasteiger partial charge in [0, 0.05) is 42.0 Å². The van der Waals surface area contributed by atoms with Crippen molar-refractivity contribution in [1.82, 2.24) is 14.8 Å². The molecule has 5 aromatic rings. The number of carbonyl (C=O) groups is 3. The van der Waals surface area contributed by atoms with Gasteiger partial charge in [0.05, 0.1) is 6.04 Å². The molecule has 0 radical (unpaired) electrons. The SMILES string of the molecule is CC.CC(C)(C)C(c1cc(-c2cc(F)ccc2F)cn1Cc1ccccc1)N(CC[C@H](NC(=O)OCC1c2ccccc2-c2ccccc21)C(=O)O)C(=O)CO. The third-order valence-electron chi connectivity index (χ3n) is 9.83. The summed E-state index contributed by atoms with van der Waals surface area (Å²) in [5, 5.41) is 22.8. The maximum absolute atomic E-state index is 15.1. The summed E-state index contributed by atoms with van der Waals surface area (Å²) in [4.78, 5) is 40.6. The van der Waals surface area contributed by atoms with Crippen LogP contribution < -0.4 is 5.32 Å². The van der Waals surface area contributed by atoms with Crippen molar-refractivity contribution in [3.8, 4) is 22.3 Å². The summed E-state index contributed by atoms with van der Waals surface area (Å²) >= 11 is 0. The number of hydrogen-bond acceptors (Lipinski definition) is 5. The van der Waals surface area contributed by atoms with Crippen LogP contribution in [0.25, 0.3) is 22.3 Å². The van der Waals surface area contributed by atoms with Crippen LogP contribution in [0, 0.1) is 17.0 Å². The second kappa shape index (κ2) is 18.2. The number of aliphatic hydroxyl groups excluding tert-OH is 1. The van der Waals surface area contributed by atoms with Gasteiger partial charge < -0.3 is 29.7 Å². The number of hydrogen-bond donors (Lipinski definition) is 3. The third kappa shape index (κ3) is 9.34.